The Labute approximate surface area is 724 Å². The van der Waals surface area contributed by atoms with Crippen molar-refractivity contribution in [2.45, 2.75) is 512 Å². The first-order valence-electron chi connectivity index (χ1n) is 47.7. The van der Waals surface area contributed by atoms with Crippen molar-refractivity contribution in [3.63, 3.8) is 0 Å². The van der Waals surface area contributed by atoms with Crippen molar-refractivity contribution in [3.05, 3.63) is 136 Å². The van der Waals surface area contributed by atoms with Crippen molar-refractivity contribution in [1.82, 2.24) is 10.6 Å². The predicted octanol–water partition coefficient (Wildman–Crippen LogP) is 34.1. The van der Waals surface area contributed by atoms with Crippen LogP contribution in [0.2, 0.25) is 0 Å². The van der Waals surface area contributed by atoms with E-state index < -0.39 is 0 Å². The molecule has 3 heteroatoms. The zero-order chi connectivity index (χ0) is 88.7. The van der Waals surface area contributed by atoms with Crippen LogP contribution in [0.4, 0.5) is 5.69 Å². The smallest absolute Gasteiger partial charge is 0.0376 e. The van der Waals surface area contributed by atoms with Crippen molar-refractivity contribution < 1.29 is 0 Å². The second-order valence-corrected chi connectivity index (χ2v) is 55.9. The average Bonchev–Trinajstić information content (AvgIpc) is 1.55. The number of anilines is 1. The first kappa shape index (κ1) is 101. The summed E-state index contributed by atoms with van der Waals surface area (Å²) in [5.74, 6) is 0. The van der Waals surface area contributed by atoms with Crippen molar-refractivity contribution in [2.75, 3.05) is 5.32 Å². The van der Waals surface area contributed by atoms with Crippen LogP contribution in [0, 0.1) is 59.6 Å². The minimum Gasteiger partial charge on any atom is -0.380 e. The van der Waals surface area contributed by atoms with E-state index in [4.69, 9.17) is 0 Å². The molecule has 0 amide bonds. The summed E-state index contributed by atoms with van der Waals surface area (Å²) in [7, 11) is 0. The van der Waals surface area contributed by atoms with Gasteiger partial charge < -0.3 is 16.0 Å². The topological polar surface area (TPSA) is 36.1 Å². The number of benzene rings is 4. The van der Waals surface area contributed by atoms with Crippen molar-refractivity contribution in [1.29, 1.82) is 0 Å². The Balaban J connectivity index is 0.000000213. The molecule has 8 saturated carbocycles. The molecule has 0 atom stereocenters. The lowest BCUT2D eigenvalue weighted by molar-refractivity contribution is 0.199. The molecule has 3 N–H and O–H groups in total. The van der Waals surface area contributed by atoms with E-state index in [1.54, 1.807) is 33.4 Å². The third-order valence-electron chi connectivity index (χ3n) is 27.5. The molecule has 0 radical (unpaired) electrons. The molecule has 8 fully saturated rings. The van der Waals surface area contributed by atoms with Gasteiger partial charge in [0, 0.05) is 49.6 Å². The molecule has 4 aromatic rings. The molecule has 662 valence electrons. The van der Waals surface area contributed by atoms with E-state index in [1.807, 2.05) is 0 Å². The Morgan fingerprint density at radius 3 is 0.940 bits per heavy atom. The lowest BCUT2D eigenvalue weighted by Gasteiger charge is -2.38. The molecule has 0 spiro atoms. The van der Waals surface area contributed by atoms with Gasteiger partial charge in [-0.1, -0.05) is 326 Å². The normalized spacial score (nSPS) is 20.4. The summed E-state index contributed by atoms with van der Waals surface area (Å²) in [5, 5.41) is 11.1. The van der Waals surface area contributed by atoms with Crippen LogP contribution < -0.4 is 16.0 Å². The Morgan fingerprint density at radius 2 is 0.612 bits per heavy atom. The van der Waals surface area contributed by atoms with Gasteiger partial charge >= 0.3 is 0 Å². The molecule has 4 aromatic carbocycles. The minimum absolute atomic E-state index is 0.123. The highest BCUT2D eigenvalue weighted by molar-refractivity contribution is 5.53. The van der Waals surface area contributed by atoms with Crippen molar-refractivity contribution >= 4 is 5.69 Å². The highest BCUT2D eigenvalue weighted by atomic mass is 15.1. The molecule has 116 heavy (non-hydrogen) atoms. The molecular formula is C113H195N3. The van der Waals surface area contributed by atoms with Crippen LogP contribution in [0.1, 0.15) is 484 Å². The van der Waals surface area contributed by atoms with E-state index in [2.05, 4.69) is 404 Å². The molecule has 0 aromatic heterocycles. The molecule has 0 bridgehead atoms. The standard InChI is InChI=1S/3C21H32.C16H27N.C12H25N.C11H23N.C11H24/c1-18(2,3)15-20(11-12-20)16-7-9-17(10-8-16)21(13-14-21)19(4,5)6;1-18(2,3)15-20(10-11-20)16-8-7-9-17(14-16)21(12-13-21)19(4,5)6;1-18(2,3)15-20(11-12-20)16-9-7-8-10-17(16)21(13-14-21)19(4,5)6;1-15(2,3)12-11-13-9-7-8-10-14(13)17-16(4,5)6;1-10(2,3)9-12(7-8-12)13-11(4,5)6;1-9(2,3)11(7-8-11)12-10(4,5)6;1-10(2,3)8-7-9-11(4,5)6/h7-10H,11-15H2,1-6H3;7-9,14H,10-13,15H2,1-6H3;7-10H,11-15H2,1-6H3;7-10,17H,11-12H2,1-6H3;13H,7-9H2,1-6H3;12H,7-8H2,1-6H3;7-9H2,1-6H3. The molecule has 0 aliphatic heterocycles. The van der Waals surface area contributed by atoms with Gasteiger partial charge in [-0.2, -0.15) is 0 Å². The quantitative estimate of drug-likeness (QED) is 0.0986. The number of rotatable bonds is 17. The first-order valence-corrected chi connectivity index (χ1v) is 47.7. The zero-order valence-corrected chi connectivity index (χ0v) is 85.4. The third-order valence-corrected chi connectivity index (χ3v) is 27.5. The highest BCUT2D eigenvalue weighted by Crippen LogP contribution is 2.66. The van der Waals surface area contributed by atoms with E-state index in [-0.39, 0.29) is 16.6 Å². The Morgan fingerprint density at radius 1 is 0.259 bits per heavy atom. The van der Waals surface area contributed by atoms with E-state index in [0.29, 0.717) is 103 Å². The lowest BCUT2D eigenvalue weighted by Crippen LogP contribution is -2.51. The third kappa shape index (κ3) is 31.4. The summed E-state index contributed by atoms with van der Waals surface area (Å²) < 4.78 is 0. The van der Waals surface area contributed by atoms with Crippen molar-refractivity contribution in [2.24, 2.45) is 59.6 Å². The number of para-hydroxylation sites is 1. The maximum atomic E-state index is 3.76. The number of nitrogens with one attached hydrogen (secondary N) is 3. The number of hydrogen-bond donors (Lipinski definition) is 3. The molecule has 0 saturated heterocycles. The maximum Gasteiger partial charge on any atom is 0.0376 e. The number of hydrogen-bond acceptors (Lipinski definition) is 3. The van der Waals surface area contributed by atoms with Gasteiger partial charge in [0.15, 0.2) is 0 Å². The Kier molecular flexibility index (Phi) is 30.9. The molecule has 0 heterocycles. The molecule has 12 rings (SSSR count). The summed E-state index contributed by atoms with van der Waals surface area (Å²) in [6.07, 6.45) is 33.6. The fraction of sp³-hybridized carbons (Fsp3) is 0.788. The van der Waals surface area contributed by atoms with Crippen LogP contribution in [0.3, 0.4) is 0 Å². The van der Waals surface area contributed by atoms with Crippen molar-refractivity contribution in [3.8, 4) is 0 Å². The van der Waals surface area contributed by atoms with Gasteiger partial charge in [-0.25, -0.2) is 0 Å². The average molecular weight is 1600 g/mol. The molecule has 0 unspecified atom stereocenters. The van der Waals surface area contributed by atoms with Crippen LogP contribution in [0.25, 0.3) is 0 Å². The van der Waals surface area contributed by atoms with Gasteiger partial charge in [0.2, 0.25) is 0 Å². The van der Waals surface area contributed by atoms with Gasteiger partial charge in [-0.15, -0.1) is 0 Å². The molecule has 8 aliphatic carbocycles. The summed E-state index contributed by atoms with van der Waals surface area (Å²) in [4.78, 5) is 0. The summed E-state index contributed by atoms with van der Waals surface area (Å²) >= 11 is 0. The zero-order valence-electron chi connectivity index (χ0n) is 85.4. The lowest BCUT2D eigenvalue weighted by atomic mass is 9.68. The summed E-state index contributed by atoms with van der Waals surface area (Å²) in [6.45, 7) is 98.1. The molecule has 8 aliphatic rings. The van der Waals surface area contributed by atoms with Crippen LogP contribution in [-0.4, -0.2) is 27.7 Å². The molecule has 3 nitrogen and oxygen atoms in total. The van der Waals surface area contributed by atoms with Gasteiger partial charge in [-0.05, 0) is 337 Å². The van der Waals surface area contributed by atoms with Crippen LogP contribution >= 0.6 is 0 Å². The van der Waals surface area contributed by atoms with Gasteiger partial charge in [-0.3, -0.25) is 0 Å². The summed E-state index contributed by atoms with van der Waals surface area (Å²) in [5.41, 5.74) is 21.5. The second-order valence-electron chi connectivity index (χ2n) is 55.9. The fourth-order valence-corrected chi connectivity index (χ4v) is 20.7. The summed E-state index contributed by atoms with van der Waals surface area (Å²) in [6, 6.07) is 37.5. The highest BCUT2D eigenvalue weighted by Gasteiger charge is 2.59. The second kappa shape index (κ2) is 35.3. The van der Waals surface area contributed by atoms with Crippen LogP contribution in [0.5, 0.6) is 0 Å². The monoisotopic (exact) mass is 1590 g/mol. The largest absolute Gasteiger partial charge is 0.380 e. The molecular weight excluding hydrogens is 1400 g/mol. The Bertz CT molecular complexity index is 3650. The van der Waals surface area contributed by atoms with E-state index in [0.717, 1.165) is 6.42 Å². The fourth-order valence-electron chi connectivity index (χ4n) is 20.7. The SMILES string of the molecule is CC(C)(C)CC1(NC(C)(C)C)CC1.CC(C)(C)CC1(c2ccc(C3(C(C)(C)C)CC3)cc2)CC1.CC(C)(C)CC1(c2cccc(C3(C(C)(C)C)CC3)c2)CC1.CC(C)(C)CC1(c2ccccc2C2(C(C)(C)C)CC2)CC1.CC(C)(C)CCCC(C)(C)C.CC(C)(C)CCc1ccccc1NC(C)(C)C.CC(C)(C)NC1(C(C)(C)C)CC1. The Hall–Kier alpha value is -3.40. The van der Waals surface area contributed by atoms with Crippen LogP contribution in [-0.2, 0) is 38.9 Å². The van der Waals surface area contributed by atoms with E-state index in [9.17, 15) is 0 Å². The van der Waals surface area contributed by atoms with Crippen LogP contribution in [0.15, 0.2) is 97.1 Å². The predicted molar refractivity (Wildman–Crippen MR) is 519 cm³/mol. The number of aryl methyl sites for hydroxylation is 1. The van der Waals surface area contributed by atoms with E-state index in [1.165, 1.54) is 165 Å². The maximum absolute atomic E-state index is 3.76. The van der Waals surface area contributed by atoms with Gasteiger partial charge in [0.25, 0.3) is 0 Å². The minimum atomic E-state index is 0.123. The van der Waals surface area contributed by atoms with E-state index >= 15 is 0 Å². The van der Waals surface area contributed by atoms with Gasteiger partial charge in [0.1, 0.15) is 0 Å². The first-order chi connectivity index (χ1) is 51.9. The van der Waals surface area contributed by atoms with Gasteiger partial charge in [0.05, 0.1) is 0 Å².